The number of rotatable bonds is 4. The van der Waals surface area contributed by atoms with Gasteiger partial charge in [-0.25, -0.2) is 4.98 Å². The summed E-state index contributed by atoms with van der Waals surface area (Å²) in [6.45, 7) is 0.484. The van der Waals surface area contributed by atoms with Crippen LogP contribution in [0, 0.1) is 0 Å². The van der Waals surface area contributed by atoms with Gasteiger partial charge in [0.2, 0.25) is 0 Å². The Bertz CT molecular complexity index is 539. The number of imidazole rings is 1. The van der Waals surface area contributed by atoms with E-state index in [0.717, 1.165) is 5.82 Å². The summed E-state index contributed by atoms with van der Waals surface area (Å²) < 4.78 is 0. The van der Waals surface area contributed by atoms with Crippen molar-refractivity contribution in [1.29, 1.82) is 0 Å². The Morgan fingerprint density at radius 3 is 3.06 bits per heavy atom. The molecule has 0 saturated heterocycles. The summed E-state index contributed by atoms with van der Waals surface area (Å²) in [5, 5.41) is 3.15. The number of hydrogen-bond acceptors (Lipinski definition) is 3. The predicted molar refractivity (Wildman–Crippen MR) is 70.5 cm³/mol. The summed E-state index contributed by atoms with van der Waals surface area (Å²) in [6, 6.07) is 4.82. The molecule has 18 heavy (non-hydrogen) atoms. The lowest BCUT2D eigenvalue weighted by molar-refractivity contribution is 0.0954. The molecule has 2 rings (SSSR count). The van der Waals surface area contributed by atoms with Crippen LogP contribution in [-0.4, -0.2) is 22.4 Å². The number of nitrogens with zero attached hydrogens (tertiary/aromatic N) is 1. The lowest BCUT2D eigenvalue weighted by Gasteiger charge is -2.06. The van der Waals surface area contributed by atoms with Crippen molar-refractivity contribution in [3.63, 3.8) is 0 Å². The van der Waals surface area contributed by atoms with Gasteiger partial charge in [0, 0.05) is 31.0 Å². The highest BCUT2D eigenvalue weighted by Crippen LogP contribution is 2.18. The van der Waals surface area contributed by atoms with Crippen molar-refractivity contribution in [3.05, 3.63) is 47.0 Å². The number of H-pyrrole nitrogens is 1. The second-order valence-corrected chi connectivity index (χ2v) is 4.19. The van der Waals surface area contributed by atoms with Crippen LogP contribution in [0.1, 0.15) is 16.2 Å². The third-order valence-electron chi connectivity index (χ3n) is 2.44. The SMILES string of the molecule is Nc1ccc(Cl)c(C(=O)NCCc2ncc[nH]2)c1. The van der Waals surface area contributed by atoms with Crippen molar-refractivity contribution in [2.45, 2.75) is 6.42 Å². The van der Waals surface area contributed by atoms with Crippen LogP contribution in [0.2, 0.25) is 5.02 Å². The van der Waals surface area contributed by atoms with Gasteiger partial charge in [-0.2, -0.15) is 0 Å². The van der Waals surface area contributed by atoms with Gasteiger partial charge in [-0.3, -0.25) is 4.79 Å². The van der Waals surface area contributed by atoms with Crippen LogP contribution in [0.4, 0.5) is 5.69 Å². The van der Waals surface area contributed by atoms with E-state index in [1.54, 1.807) is 30.6 Å². The smallest absolute Gasteiger partial charge is 0.252 e. The molecule has 1 heterocycles. The van der Waals surface area contributed by atoms with E-state index >= 15 is 0 Å². The summed E-state index contributed by atoms with van der Waals surface area (Å²) in [6.07, 6.45) is 4.05. The molecule has 0 aliphatic rings. The molecule has 0 saturated carbocycles. The molecule has 0 aliphatic carbocycles. The molecule has 1 amide bonds. The maximum absolute atomic E-state index is 11.9. The van der Waals surface area contributed by atoms with Crippen LogP contribution in [0.25, 0.3) is 0 Å². The van der Waals surface area contributed by atoms with Gasteiger partial charge >= 0.3 is 0 Å². The summed E-state index contributed by atoms with van der Waals surface area (Å²) in [7, 11) is 0. The van der Waals surface area contributed by atoms with Gasteiger partial charge in [-0.1, -0.05) is 11.6 Å². The average molecular weight is 265 g/mol. The Morgan fingerprint density at radius 2 is 2.33 bits per heavy atom. The average Bonchev–Trinajstić information content (AvgIpc) is 2.85. The number of nitrogens with two attached hydrogens (primary N) is 1. The number of carbonyl (C=O) groups is 1. The van der Waals surface area contributed by atoms with Crippen LogP contribution >= 0.6 is 11.6 Å². The standard InChI is InChI=1S/C12H13ClN4O/c13-10-2-1-8(14)7-9(10)12(18)17-4-3-11-15-5-6-16-11/h1-2,5-7H,3-4,14H2,(H,15,16)(H,17,18). The fourth-order valence-corrected chi connectivity index (χ4v) is 1.74. The fourth-order valence-electron chi connectivity index (χ4n) is 1.54. The van der Waals surface area contributed by atoms with Crippen LogP contribution in [0.3, 0.4) is 0 Å². The first-order valence-electron chi connectivity index (χ1n) is 5.48. The van der Waals surface area contributed by atoms with E-state index in [4.69, 9.17) is 17.3 Å². The van der Waals surface area contributed by atoms with Gasteiger partial charge in [0.1, 0.15) is 5.82 Å². The number of halogens is 1. The normalized spacial score (nSPS) is 10.3. The van der Waals surface area contributed by atoms with Gasteiger partial charge in [0.05, 0.1) is 10.6 Å². The van der Waals surface area contributed by atoms with Crippen LogP contribution in [0.5, 0.6) is 0 Å². The lowest BCUT2D eigenvalue weighted by atomic mass is 10.2. The molecule has 0 spiro atoms. The van der Waals surface area contributed by atoms with Crippen molar-refractivity contribution < 1.29 is 4.79 Å². The third-order valence-corrected chi connectivity index (χ3v) is 2.77. The van der Waals surface area contributed by atoms with Gasteiger partial charge in [0.15, 0.2) is 0 Å². The molecule has 0 atom stereocenters. The molecule has 6 heteroatoms. The van der Waals surface area contributed by atoms with Crippen molar-refractivity contribution in [2.24, 2.45) is 0 Å². The fraction of sp³-hybridized carbons (Fsp3) is 0.167. The molecule has 0 bridgehead atoms. The zero-order valence-electron chi connectivity index (χ0n) is 9.61. The number of nitrogen functional groups attached to an aromatic ring is 1. The first kappa shape index (κ1) is 12.4. The molecule has 1 aromatic heterocycles. The number of hydrogen-bond donors (Lipinski definition) is 3. The second-order valence-electron chi connectivity index (χ2n) is 3.78. The molecule has 0 radical (unpaired) electrons. The number of anilines is 1. The Morgan fingerprint density at radius 1 is 1.50 bits per heavy atom. The van der Waals surface area contributed by atoms with E-state index < -0.39 is 0 Å². The van der Waals surface area contributed by atoms with Crippen molar-refractivity contribution >= 4 is 23.2 Å². The highest BCUT2D eigenvalue weighted by atomic mass is 35.5. The highest BCUT2D eigenvalue weighted by Gasteiger charge is 2.10. The highest BCUT2D eigenvalue weighted by molar-refractivity contribution is 6.34. The molecule has 5 nitrogen and oxygen atoms in total. The largest absolute Gasteiger partial charge is 0.399 e. The molecule has 0 fully saturated rings. The molecule has 2 aromatic rings. The first-order valence-corrected chi connectivity index (χ1v) is 5.86. The zero-order chi connectivity index (χ0) is 13.0. The van der Waals surface area contributed by atoms with Crippen molar-refractivity contribution in [2.75, 3.05) is 12.3 Å². The monoisotopic (exact) mass is 264 g/mol. The summed E-state index contributed by atoms with van der Waals surface area (Å²) >= 11 is 5.93. The minimum absolute atomic E-state index is 0.237. The number of amides is 1. The number of benzene rings is 1. The number of aromatic amines is 1. The van der Waals surface area contributed by atoms with Crippen molar-refractivity contribution in [1.82, 2.24) is 15.3 Å². The van der Waals surface area contributed by atoms with E-state index in [1.165, 1.54) is 0 Å². The van der Waals surface area contributed by atoms with Gasteiger partial charge < -0.3 is 16.0 Å². The van der Waals surface area contributed by atoms with E-state index in [-0.39, 0.29) is 5.91 Å². The molecule has 4 N–H and O–H groups in total. The first-order chi connectivity index (χ1) is 8.66. The van der Waals surface area contributed by atoms with E-state index in [1.807, 2.05) is 0 Å². The van der Waals surface area contributed by atoms with Crippen molar-refractivity contribution in [3.8, 4) is 0 Å². The molecular weight excluding hydrogens is 252 g/mol. The van der Waals surface area contributed by atoms with Gasteiger partial charge in [-0.05, 0) is 18.2 Å². The Labute approximate surface area is 109 Å². The number of aromatic nitrogens is 2. The minimum atomic E-state index is -0.237. The van der Waals surface area contributed by atoms with Crippen LogP contribution < -0.4 is 11.1 Å². The van der Waals surface area contributed by atoms with E-state index in [9.17, 15) is 4.79 Å². The molecule has 94 valence electrons. The maximum Gasteiger partial charge on any atom is 0.252 e. The van der Waals surface area contributed by atoms with E-state index in [2.05, 4.69) is 15.3 Å². The number of carbonyl (C=O) groups excluding carboxylic acids is 1. The Hall–Kier alpha value is -2.01. The summed E-state index contributed by atoms with van der Waals surface area (Å²) in [5.41, 5.74) is 6.51. The number of nitrogens with one attached hydrogen (secondary N) is 2. The molecule has 1 aromatic carbocycles. The summed E-state index contributed by atoms with van der Waals surface area (Å²) in [5.74, 6) is 0.591. The van der Waals surface area contributed by atoms with Crippen LogP contribution in [-0.2, 0) is 6.42 Å². The minimum Gasteiger partial charge on any atom is -0.399 e. The van der Waals surface area contributed by atoms with Crippen LogP contribution in [0.15, 0.2) is 30.6 Å². The zero-order valence-corrected chi connectivity index (χ0v) is 10.4. The maximum atomic E-state index is 11.9. The van der Waals surface area contributed by atoms with Gasteiger partial charge in [0.25, 0.3) is 5.91 Å². The molecular formula is C12H13ClN4O. The second kappa shape index (κ2) is 5.55. The van der Waals surface area contributed by atoms with Gasteiger partial charge in [-0.15, -0.1) is 0 Å². The Balaban J connectivity index is 1.93. The predicted octanol–water partition coefficient (Wildman–Crippen LogP) is 1.62. The molecule has 0 unspecified atom stereocenters. The lowest BCUT2D eigenvalue weighted by Crippen LogP contribution is -2.26. The quantitative estimate of drug-likeness (QED) is 0.734. The van der Waals surface area contributed by atoms with E-state index in [0.29, 0.717) is 29.2 Å². The third kappa shape index (κ3) is 3.01. The summed E-state index contributed by atoms with van der Waals surface area (Å²) in [4.78, 5) is 18.9. The topological polar surface area (TPSA) is 83.8 Å². The molecule has 0 aliphatic heterocycles. The Kier molecular flexibility index (Phi) is 3.84.